The Morgan fingerprint density at radius 2 is 2.13 bits per heavy atom. The van der Waals surface area contributed by atoms with Crippen molar-refractivity contribution in [3.05, 3.63) is 53.4 Å². The van der Waals surface area contributed by atoms with Crippen LogP contribution >= 0.6 is 0 Å². The number of benzene rings is 1. The highest BCUT2D eigenvalue weighted by atomic mass is 19.4. The van der Waals surface area contributed by atoms with E-state index in [2.05, 4.69) is 20.3 Å². The van der Waals surface area contributed by atoms with E-state index in [9.17, 15) is 18.0 Å². The van der Waals surface area contributed by atoms with E-state index in [4.69, 9.17) is 4.74 Å². The Bertz CT molecular complexity index is 1090. The Kier molecular flexibility index (Phi) is 5.65. The lowest BCUT2D eigenvalue weighted by Gasteiger charge is -2.24. The van der Waals surface area contributed by atoms with Gasteiger partial charge in [0.1, 0.15) is 11.5 Å². The molecule has 3 heterocycles. The van der Waals surface area contributed by atoms with Gasteiger partial charge >= 0.3 is 6.18 Å². The van der Waals surface area contributed by atoms with Gasteiger partial charge in [-0.05, 0) is 38.5 Å². The van der Waals surface area contributed by atoms with Crippen molar-refractivity contribution >= 4 is 16.9 Å². The van der Waals surface area contributed by atoms with Gasteiger partial charge in [-0.15, -0.1) is 0 Å². The maximum atomic E-state index is 13.2. The normalized spacial score (nSPS) is 17.8. The SMILES string of the molecule is CCn1c([C@H](NC(=O)c2cnc(C)cn2)[C@@H]2CCOC2)nc2ccc(C(F)(F)F)cc21. The molecule has 0 bridgehead atoms. The van der Waals surface area contributed by atoms with E-state index in [-0.39, 0.29) is 11.6 Å². The summed E-state index contributed by atoms with van der Waals surface area (Å²) in [6.07, 6.45) is -0.854. The summed E-state index contributed by atoms with van der Waals surface area (Å²) in [4.78, 5) is 25.7. The molecule has 2 atom stereocenters. The molecule has 0 saturated carbocycles. The summed E-state index contributed by atoms with van der Waals surface area (Å²) in [5.74, 6) is 0.0161. The van der Waals surface area contributed by atoms with E-state index in [1.165, 1.54) is 18.5 Å². The molecule has 1 aliphatic rings. The Balaban J connectivity index is 1.75. The average Bonchev–Trinajstić information content (AvgIpc) is 3.39. The largest absolute Gasteiger partial charge is 0.416 e. The predicted octanol–water partition coefficient (Wildman–Crippen LogP) is 3.68. The fraction of sp³-hybridized carbons (Fsp3) is 0.429. The minimum absolute atomic E-state index is 0.0634. The van der Waals surface area contributed by atoms with Gasteiger partial charge in [-0.25, -0.2) is 9.97 Å². The van der Waals surface area contributed by atoms with Crippen LogP contribution in [-0.4, -0.2) is 38.6 Å². The molecule has 0 aliphatic carbocycles. The Hall–Kier alpha value is -3.01. The Labute approximate surface area is 176 Å². The zero-order valence-electron chi connectivity index (χ0n) is 17.1. The maximum absolute atomic E-state index is 13.2. The number of nitrogens with zero attached hydrogens (tertiary/aromatic N) is 4. The molecule has 1 aliphatic heterocycles. The molecule has 2 aromatic heterocycles. The quantitative estimate of drug-likeness (QED) is 0.664. The van der Waals surface area contributed by atoms with E-state index < -0.39 is 23.7 Å². The van der Waals surface area contributed by atoms with Crippen LogP contribution in [0.4, 0.5) is 13.2 Å². The van der Waals surface area contributed by atoms with Crippen LogP contribution in [0, 0.1) is 12.8 Å². The summed E-state index contributed by atoms with van der Waals surface area (Å²) < 4.78 is 46.9. The number of fused-ring (bicyclic) bond motifs is 1. The van der Waals surface area contributed by atoms with Gasteiger partial charge in [0.25, 0.3) is 5.91 Å². The number of nitrogens with one attached hydrogen (secondary N) is 1. The first-order chi connectivity index (χ1) is 14.8. The topological polar surface area (TPSA) is 81.9 Å². The van der Waals surface area contributed by atoms with Crippen molar-refractivity contribution in [2.24, 2.45) is 5.92 Å². The molecule has 0 unspecified atom stereocenters. The average molecular weight is 433 g/mol. The van der Waals surface area contributed by atoms with Gasteiger partial charge in [0.2, 0.25) is 0 Å². The monoisotopic (exact) mass is 433 g/mol. The summed E-state index contributed by atoms with van der Waals surface area (Å²) in [7, 11) is 0. The maximum Gasteiger partial charge on any atom is 0.416 e. The van der Waals surface area contributed by atoms with E-state index in [1.807, 2.05) is 6.92 Å². The molecule has 31 heavy (non-hydrogen) atoms. The van der Waals surface area contributed by atoms with Crippen molar-refractivity contribution in [3.8, 4) is 0 Å². The van der Waals surface area contributed by atoms with Crippen LogP contribution in [0.3, 0.4) is 0 Å². The highest BCUT2D eigenvalue weighted by Gasteiger charge is 2.34. The van der Waals surface area contributed by atoms with Crippen molar-refractivity contribution < 1.29 is 22.7 Å². The summed E-state index contributed by atoms with van der Waals surface area (Å²) in [5, 5.41) is 2.96. The number of aryl methyl sites for hydroxylation is 2. The third kappa shape index (κ3) is 4.25. The Morgan fingerprint density at radius 1 is 1.32 bits per heavy atom. The van der Waals surface area contributed by atoms with E-state index in [1.54, 1.807) is 11.5 Å². The molecule has 7 nitrogen and oxygen atoms in total. The minimum Gasteiger partial charge on any atom is -0.381 e. The van der Waals surface area contributed by atoms with E-state index >= 15 is 0 Å². The third-order valence-corrected chi connectivity index (χ3v) is 5.44. The smallest absolute Gasteiger partial charge is 0.381 e. The third-order valence-electron chi connectivity index (χ3n) is 5.44. The second-order valence-electron chi connectivity index (χ2n) is 7.53. The number of hydrogen-bond donors (Lipinski definition) is 1. The van der Waals surface area contributed by atoms with Gasteiger partial charge in [0.15, 0.2) is 0 Å². The van der Waals surface area contributed by atoms with Crippen LogP contribution in [0.2, 0.25) is 0 Å². The molecule has 10 heteroatoms. The molecule has 4 rings (SSSR count). The number of alkyl halides is 3. The molecule has 1 N–H and O–H groups in total. The number of amides is 1. The van der Waals surface area contributed by atoms with Crippen molar-refractivity contribution in [3.63, 3.8) is 0 Å². The van der Waals surface area contributed by atoms with Crippen LogP contribution in [0.1, 0.15) is 47.0 Å². The van der Waals surface area contributed by atoms with Crippen molar-refractivity contribution in [1.82, 2.24) is 24.8 Å². The number of halogens is 3. The zero-order valence-corrected chi connectivity index (χ0v) is 17.1. The fourth-order valence-corrected chi connectivity index (χ4v) is 3.82. The summed E-state index contributed by atoms with van der Waals surface area (Å²) in [6, 6.07) is 2.95. The summed E-state index contributed by atoms with van der Waals surface area (Å²) in [5.41, 5.74) is 0.929. The first kappa shape index (κ1) is 21.2. The van der Waals surface area contributed by atoms with Crippen LogP contribution in [-0.2, 0) is 17.5 Å². The number of carbonyl (C=O) groups excluding carboxylic acids is 1. The van der Waals surface area contributed by atoms with Crippen molar-refractivity contribution in [2.45, 2.75) is 39.0 Å². The highest BCUT2D eigenvalue weighted by molar-refractivity contribution is 5.92. The van der Waals surface area contributed by atoms with Gasteiger partial charge in [-0.2, -0.15) is 13.2 Å². The molecule has 164 valence electrons. The predicted molar refractivity (Wildman–Crippen MR) is 106 cm³/mol. The second kappa shape index (κ2) is 8.26. The zero-order chi connectivity index (χ0) is 22.2. The van der Waals surface area contributed by atoms with Crippen LogP contribution in [0.5, 0.6) is 0 Å². The minimum atomic E-state index is -4.45. The number of carbonyl (C=O) groups is 1. The molecule has 0 spiro atoms. The van der Waals surface area contributed by atoms with Gasteiger partial charge in [0, 0.05) is 25.3 Å². The molecular weight excluding hydrogens is 411 g/mol. The number of aromatic nitrogens is 4. The standard InChI is InChI=1S/C21H22F3N5O2/c1-3-29-17-8-14(21(22,23)24)4-5-15(17)27-19(29)18(13-6-7-31-11-13)28-20(30)16-10-25-12(2)9-26-16/h4-5,8-10,13,18H,3,6-7,11H2,1-2H3,(H,28,30)/t13-,18-/m1/s1. The summed E-state index contributed by atoms with van der Waals surface area (Å²) >= 11 is 0. The van der Waals surface area contributed by atoms with E-state index in [0.717, 1.165) is 12.1 Å². The number of hydrogen-bond acceptors (Lipinski definition) is 5. The lowest BCUT2D eigenvalue weighted by Crippen LogP contribution is -2.36. The molecule has 1 fully saturated rings. The van der Waals surface area contributed by atoms with Gasteiger partial charge < -0.3 is 14.6 Å². The molecule has 1 amide bonds. The molecule has 3 aromatic rings. The number of imidazole rings is 1. The van der Waals surface area contributed by atoms with Crippen LogP contribution in [0.15, 0.2) is 30.6 Å². The lowest BCUT2D eigenvalue weighted by molar-refractivity contribution is -0.137. The first-order valence-electron chi connectivity index (χ1n) is 10.0. The number of ether oxygens (including phenoxy) is 1. The van der Waals surface area contributed by atoms with Crippen molar-refractivity contribution in [1.29, 1.82) is 0 Å². The Morgan fingerprint density at radius 3 is 2.74 bits per heavy atom. The molecule has 0 radical (unpaired) electrons. The van der Waals surface area contributed by atoms with Crippen LogP contribution in [0.25, 0.3) is 11.0 Å². The molecular formula is C21H22F3N5O2. The molecule has 1 aromatic carbocycles. The highest BCUT2D eigenvalue weighted by Crippen LogP contribution is 2.34. The first-order valence-corrected chi connectivity index (χ1v) is 10.0. The van der Waals surface area contributed by atoms with Crippen LogP contribution < -0.4 is 5.32 Å². The van der Waals surface area contributed by atoms with Gasteiger partial charge in [-0.1, -0.05) is 0 Å². The van der Waals surface area contributed by atoms with Crippen molar-refractivity contribution in [2.75, 3.05) is 13.2 Å². The van der Waals surface area contributed by atoms with Gasteiger partial charge in [-0.3, -0.25) is 9.78 Å². The number of rotatable bonds is 5. The second-order valence-corrected chi connectivity index (χ2v) is 7.53. The summed E-state index contributed by atoms with van der Waals surface area (Å²) in [6.45, 7) is 4.97. The van der Waals surface area contributed by atoms with E-state index in [0.29, 0.717) is 48.7 Å². The fourth-order valence-electron chi connectivity index (χ4n) is 3.82. The van der Waals surface area contributed by atoms with Gasteiger partial charge in [0.05, 0.1) is 41.1 Å². The lowest BCUT2D eigenvalue weighted by atomic mass is 9.98. The molecule has 1 saturated heterocycles.